The predicted molar refractivity (Wildman–Crippen MR) is 51.0 cm³/mol. The van der Waals surface area contributed by atoms with Gasteiger partial charge in [-0.2, -0.15) is 11.8 Å². The van der Waals surface area contributed by atoms with Crippen molar-refractivity contribution < 1.29 is 9.53 Å². The van der Waals surface area contributed by atoms with E-state index < -0.39 is 11.9 Å². The zero-order valence-corrected chi connectivity index (χ0v) is 8.10. The number of nitrogens with two attached hydrogens (primary N) is 2. The molecular formula is C7H16N2O2S. The molecule has 0 saturated carbocycles. The number of carbonyl (C=O) groups is 1. The van der Waals surface area contributed by atoms with Crippen LogP contribution in [0.5, 0.6) is 0 Å². The third-order valence-electron chi connectivity index (χ3n) is 1.37. The fraction of sp³-hybridized carbons (Fsp3) is 0.857. The van der Waals surface area contributed by atoms with Gasteiger partial charge in [-0.05, 0) is 12.2 Å². The van der Waals surface area contributed by atoms with Gasteiger partial charge in [-0.1, -0.05) is 0 Å². The monoisotopic (exact) mass is 192 g/mol. The predicted octanol–water partition coefficient (Wildman–Crippen LogP) is -0.431. The van der Waals surface area contributed by atoms with E-state index in [2.05, 4.69) is 0 Å². The van der Waals surface area contributed by atoms with Crippen molar-refractivity contribution in [3.05, 3.63) is 0 Å². The summed E-state index contributed by atoms with van der Waals surface area (Å²) in [6.45, 7) is 0.733. The lowest BCUT2D eigenvalue weighted by Crippen LogP contribution is -2.36. The number of thioether (sulfide) groups is 1. The summed E-state index contributed by atoms with van der Waals surface area (Å²) in [5.41, 5.74) is 10.4. The van der Waals surface area contributed by atoms with Crippen molar-refractivity contribution in [1.29, 1.82) is 0 Å². The molecule has 1 unspecified atom stereocenters. The van der Waals surface area contributed by atoms with Crippen molar-refractivity contribution in [3.8, 4) is 0 Å². The second-order valence-corrected chi connectivity index (χ2v) is 3.63. The highest BCUT2D eigenvalue weighted by atomic mass is 32.2. The zero-order chi connectivity index (χ0) is 9.40. The van der Waals surface area contributed by atoms with E-state index >= 15 is 0 Å². The summed E-state index contributed by atoms with van der Waals surface area (Å²) in [4.78, 5) is 10.5. The largest absolute Gasteiger partial charge is 0.384 e. The molecule has 0 radical (unpaired) electrons. The van der Waals surface area contributed by atoms with Gasteiger partial charge < -0.3 is 16.2 Å². The topological polar surface area (TPSA) is 78.3 Å². The first kappa shape index (κ1) is 11.7. The van der Waals surface area contributed by atoms with Crippen LogP contribution in [0.15, 0.2) is 0 Å². The molecule has 0 spiro atoms. The summed E-state index contributed by atoms with van der Waals surface area (Å²) in [6.07, 6.45) is 0.643. The van der Waals surface area contributed by atoms with E-state index in [1.54, 1.807) is 18.9 Å². The Hall–Kier alpha value is -0.260. The SMILES string of the molecule is COCCSCCC(N)C(N)=O. The molecule has 0 aliphatic rings. The van der Waals surface area contributed by atoms with Crippen LogP contribution in [0.25, 0.3) is 0 Å². The summed E-state index contributed by atoms with van der Waals surface area (Å²) in [6, 6.07) is -0.500. The highest BCUT2D eigenvalue weighted by molar-refractivity contribution is 7.99. The van der Waals surface area contributed by atoms with Gasteiger partial charge in [0.05, 0.1) is 12.6 Å². The van der Waals surface area contributed by atoms with Crippen LogP contribution in [0.4, 0.5) is 0 Å². The standard InChI is InChI=1S/C7H16N2O2S/c1-11-3-5-12-4-2-6(8)7(9)10/h6H,2-5,8H2,1H3,(H2,9,10). The van der Waals surface area contributed by atoms with E-state index in [4.69, 9.17) is 16.2 Å². The highest BCUT2D eigenvalue weighted by Crippen LogP contribution is 2.03. The van der Waals surface area contributed by atoms with Crippen LogP contribution in [0.2, 0.25) is 0 Å². The molecule has 4 nitrogen and oxygen atoms in total. The van der Waals surface area contributed by atoms with Crippen molar-refractivity contribution >= 4 is 17.7 Å². The lowest BCUT2D eigenvalue weighted by molar-refractivity contribution is -0.119. The molecular weight excluding hydrogens is 176 g/mol. The van der Waals surface area contributed by atoms with E-state index in [-0.39, 0.29) is 0 Å². The number of hydrogen-bond donors (Lipinski definition) is 2. The van der Waals surface area contributed by atoms with Gasteiger partial charge in [0.1, 0.15) is 0 Å². The minimum absolute atomic E-state index is 0.428. The molecule has 0 aliphatic heterocycles. The first-order valence-electron chi connectivity index (χ1n) is 3.80. The van der Waals surface area contributed by atoms with Crippen LogP contribution in [0, 0.1) is 0 Å². The summed E-state index contributed by atoms with van der Waals surface area (Å²) in [7, 11) is 1.66. The maximum atomic E-state index is 10.5. The molecule has 5 heteroatoms. The molecule has 0 saturated heterocycles. The average molecular weight is 192 g/mol. The number of carbonyl (C=O) groups excluding carboxylic acids is 1. The van der Waals surface area contributed by atoms with Crippen LogP contribution in [0.3, 0.4) is 0 Å². The Balaban J connectivity index is 3.14. The van der Waals surface area contributed by atoms with E-state index in [1.807, 2.05) is 0 Å². The molecule has 0 aliphatic carbocycles. The lowest BCUT2D eigenvalue weighted by Gasteiger charge is -2.05. The summed E-state index contributed by atoms with van der Waals surface area (Å²) < 4.78 is 4.85. The second kappa shape index (κ2) is 7.39. The smallest absolute Gasteiger partial charge is 0.234 e. The van der Waals surface area contributed by atoms with Gasteiger partial charge in [-0.15, -0.1) is 0 Å². The Morgan fingerprint density at radius 3 is 2.75 bits per heavy atom. The summed E-state index contributed by atoms with van der Waals surface area (Å²) in [5, 5.41) is 0. The Morgan fingerprint density at radius 1 is 1.58 bits per heavy atom. The molecule has 0 aromatic carbocycles. The van der Waals surface area contributed by atoms with Crippen molar-refractivity contribution in [2.24, 2.45) is 11.5 Å². The molecule has 0 bridgehead atoms. The normalized spacial score (nSPS) is 12.8. The molecule has 0 fully saturated rings. The van der Waals surface area contributed by atoms with Crippen LogP contribution >= 0.6 is 11.8 Å². The van der Waals surface area contributed by atoms with E-state index in [1.165, 1.54) is 0 Å². The molecule has 12 heavy (non-hydrogen) atoms. The molecule has 0 rings (SSSR count). The van der Waals surface area contributed by atoms with Gasteiger partial charge in [0.25, 0.3) is 0 Å². The summed E-state index contributed by atoms with van der Waals surface area (Å²) >= 11 is 1.71. The first-order valence-corrected chi connectivity index (χ1v) is 4.95. The molecule has 72 valence electrons. The summed E-state index contributed by atoms with van der Waals surface area (Å²) in [5.74, 6) is 1.36. The molecule has 0 aromatic heterocycles. The fourth-order valence-electron chi connectivity index (χ4n) is 0.597. The number of ether oxygens (including phenoxy) is 1. The maximum Gasteiger partial charge on any atom is 0.234 e. The van der Waals surface area contributed by atoms with Gasteiger partial charge >= 0.3 is 0 Å². The maximum absolute atomic E-state index is 10.5. The molecule has 1 amide bonds. The fourth-order valence-corrected chi connectivity index (χ4v) is 1.51. The van der Waals surface area contributed by atoms with Gasteiger partial charge in [0, 0.05) is 12.9 Å². The van der Waals surface area contributed by atoms with Crippen molar-refractivity contribution in [2.45, 2.75) is 12.5 Å². The Bertz CT molecular complexity index is 133. The van der Waals surface area contributed by atoms with Crippen LogP contribution in [-0.4, -0.2) is 37.2 Å². The second-order valence-electron chi connectivity index (χ2n) is 2.40. The molecule has 0 heterocycles. The zero-order valence-electron chi connectivity index (χ0n) is 7.29. The number of amides is 1. The number of rotatable bonds is 7. The van der Waals surface area contributed by atoms with Crippen molar-refractivity contribution in [3.63, 3.8) is 0 Å². The van der Waals surface area contributed by atoms with E-state index in [0.29, 0.717) is 6.42 Å². The third-order valence-corrected chi connectivity index (χ3v) is 2.35. The van der Waals surface area contributed by atoms with Gasteiger partial charge in [-0.25, -0.2) is 0 Å². The lowest BCUT2D eigenvalue weighted by atomic mass is 10.2. The molecule has 0 aromatic rings. The highest BCUT2D eigenvalue weighted by Gasteiger charge is 2.07. The van der Waals surface area contributed by atoms with E-state index in [0.717, 1.165) is 18.1 Å². The minimum atomic E-state index is -0.500. The molecule has 1 atom stereocenters. The Morgan fingerprint density at radius 2 is 2.25 bits per heavy atom. The average Bonchev–Trinajstić information content (AvgIpc) is 2.03. The molecule has 4 N–H and O–H groups in total. The van der Waals surface area contributed by atoms with Crippen molar-refractivity contribution in [2.75, 3.05) is 25.2 Å². The quantitative estimate of drug-likeness (QED) is 0.536. The van der Waals surface area contributed by atoms with Crippen LogP contribution in [0.1, 0.15) is 6.42 Å². The Labute approximate surface area is 77.0 Å². The van der Waals surface area contributed by atoms with Crippen LogP contribution in [-0.2, 0) is 9.53 Å². The van der Waals surface area contributed by atoms with Gasteiger partial charge in [-0.3, -0.25) is 4.79 Å². The number of primary amides is 1. The third kappa shape index (κ3) is 6.45. The van der Waals surface area contributed by atoms with Gasteiger partial charge in [0.2, 0.25) is 5.91 Å². The van der Waals surface area contributed by atoms with Crippen molar-refractivity contribution in [1.82, 2.24) is 0 Å². The minimum Gasteiger partial charge on any atom is -0.384 e. The van der Waals surface area contributed by atoms with Crippen LogP contribution < -0.4 is 11.5 Å². The van der Waals surface area contributed by atoms with E-state index in [9.17, 15) is 4.79 Å². The number of hydrogen-bond acceptors (Lipinski definition) is 4. The first-order chi connectivity index (χ1) is 5.68. The van der Waals surface area contributed by atoms with Gasteiger partial charge in [0.15, 0.2) is 0 Å². The Kier molecular flexibility index (Phi) is 7.23. The number of methoxy groups -OCH3 is 1.